The van der Waals surface area contributed by atoms with Gasteiger partial charge in [0.25, 0.3) is 0 Å². The molecule has 0 bridgehead atoms. The molecule has 24 heavy (non-hydrogen) atoms. The van der Waals surface area contributed by atoms with E-state index in [4.69, 9.17) is 9.47 Å². The molecule has 0 radical (unpaired) electrons. The molecule has 5 heteroatoms. The van der Waals surface area contributed by atoms with Crippen LogP contribution < -0.4 is 4.74 Å². The molecule has 1 atom stereocenters. The molecular weight excluding hydrogens is 309 g/mol. The number of para-hydroxylation sites is 1. The number of nitrogens with zero attached hydrogens (tertiary/aromatic N) is 1. The second-order valence-corrected chi connectivity index (χ2v) is 5.72. The predicted octanol–water partition coefficient (Wildman–Crippen LogP) is 2.98. The highest BCUT2D eigenvalue weighted by molar-refractivity contribution is 5.80. The molecule has 0 spiro atoms. The topological polar surface area (TPSA) is 38.8 Å². The first-order valence-electron chi connectivity index (χ1n) is 7.93. The van der Waals surface area contributed by atoms with Gasteiger partial charge >= 0.3 is 0 Å². The van der Waals surface area contributed by atoms with Crippen molar-refractivity contribution in [1.82, 2.24) is 4.90 Å². The number of ether oxygens (including phenoxy) is 2. The highest BCUT2D eigenvalue weighted by atomic mass is 19.1. The molecule has 0 aromatic heterocycles. The van der Waals surface area contributed by atoms with Crippen LogP contribution in [0.3, 0.4) is 0 Å². The first kappa shape index (κ1) is 16.5. The summed E-state index contributed by atoms with van der Waals surface area (Å²) < 4.78 is 24.0. The maximum absolute atomic E-state index is 13.2. The Bertz CT molecular complexity index is 702. The van der Waals surface area contributed by atoms with E-state index in [9.17, 15) is 9.18 Å². The SMILES string of the molecule is COc1ccccc1CC(=O)N1CCOCC1c1ccc(F)cc1. The van der Waals surface area contributed by atoms with Crippen LogP contribution in [-0.4, -0.2) is 37.7 Å². The van der Waals surface area contributed by atoms with Crippen molar-refractivity contribution in [1.29, 1.82) is 0 Å². The smallest absolute Gasteiger partial charge is 0.227 e. The molecule has 1 fully saturated rings. The number of benzene rings is 2. The number of hydrogen-bond acceptors (Lipinski definition) is 3. The van der Waals surface area contributed by atoms with Gasteiger partial charge in [-0.25, -0.2) is 4.39 Å². The molecular formula is C19H20FNO3. The zero-order valence-corrected chi connectivity index (χ0v) is 13.6. The summed E-state index contributed by atoms with van der Waals surface area (Å²) in [5.41, 5.74) is 1.74. The molecule has 126 valence electrons. The Morgan fingerprint density at radius 3 is 2.75 bits per heavy atom. The van der Waals surface area contributed by atoms with Gasteiger partial charge in [-0.1, -0.05) is 30.3 Å². The van der Waals surface area contributed by atoms with E-state index < -0.39 is 0 Å². The molecule has 0 saturated carbocycles. The van der Waals surface area contributed by atoms with E-state index in [1.807, 2.05) is 29.2 Å². The van der Waals surface area contributed by atoms with Crippen LogP contribution in [0.4, 0.5) is 4.39 Å². The van der Waals surface area contributed by atoms with Crippen molar-refractivity contribution in [2.45, 2.75) is 12.5 Å². The van der Waals surface area contributed by atoms with E-state index in [0.717, 1.165) is 11.1 Å². The summed E-state index contributed by atoms with van der Waals surface area (Å²) in [6, 6.07) is 13.5. The molecule has 0 N–H and O–H groups in total. The van der Waals surface area contributed by atoms with Gasteiger partial charge in [-0.05, 0) is 23.8 Å². The Labute approximate surface area is 140 Å². The monoisotopic (exact) mass is 329 g/mol. The summed E-state index contributed by atoms with van der Waals surface area (Å²) in [5, 5.41) is 0. The average molecular weight is 329 g/mol. The first-order chi connectivity index (χ1) is 11.7. The van der Waals surface area contributed by atoms with Crippen molar-refractivity contribution in [2.24, 2.45) is 0 Å². The molecule has 1 heterocycles. The lowest BCUT2D eigenvalue weighted by molar-refractivity contribution is -0.139. The van der Waals surface area contributed by atoms with Crippen LogP contribution in [0.2, 0.25) is 0 Å². The van der Waals surface area contributed by atoms with Gasteiger partial charge in [-0.15, -0.1) is 0 Å². The van der Waals surface area contributed by atoms with Crippen LogP contribution in [0.5, 0.6) is 5.75 Å². The van der Waals surface area contributed by atoms with Crippen molar-refractivity contribution in [2.75, 3.05) is 26.9 Å². The second-order valence-electron chi connectivity index (χ2n) is 5.72. The Morgan fingerprint density at radius 1 is 1.25 bits per heavy atom. The minimum absolute atomic E-state index is 0.0112. The lowest BCUT2D eigenvalue weighted by Crippen LogP contribution is -2.44. The molecule has 1 unspecified atom stereocenters. The average Bonchev–Trinajstić information content (AvgIpc) is 2.63. The van der Waals surface area contributed by atoms with E-state index in [-0.39, 0.29) is 24.2 Å². The highest BCUT2D eigenvalue weighted by Gasteiger charge is 2.29. The molecule has 1 amide bonds. The van der Waals surface area contributed by atoms with Gasteiger partial charge in [0.1, 0.15) is 11.6 Å². The standard InChI is InChI=1S/C19H20FNO3/c1-23-18-5-3-2-4-15(18)12-19(22)21-10-11-24-13-17(21)14-6-8-16(20)9-7-14/h2-9,17H,10-13H2,1H3. The molecule has 2 aromatic carbocycles. The zero-order chi connectivity index (χ0) is 16.9. The normalized spacial score (nSPS) is 17.6. The third kappa shape index (κ3) is 3.57. The summed E-state index contributed by atoms with van der Waals surface area (Å²) in [5.74, 6) is 0.428. The van der Waals surface area contributed by atoms with Gasteiger partial charge in [0.2, 0.25) is 5.91 Å². The fourth-order valence-corrected chi connectivity index (χ4v) is 2.98. The third-order valence-corrected chi connectivity index (χ3v) is 4.24. The number of rotatable bonds is 4. The number of carbonyl (C=O) groups excluding carboxylic acids is 1. The minimum atomic E-state index is -0.289. The molecule has 1 saturated heterocycles. The van der Waals surface area contributed by atoms with Gasteiger partial charge in [-0.2, -0.15) is 0 Å². The van der Waals surface area contributed by atoms with Crippen molar-refractivity contribution in [3.05, 3.63) is 65.5 Å². The van der Waals surface area contributed by atoms with Crippen LogP contribution in [0, 0.1) is 5.82 Å². The Morgan fingerprint density at radius 2 is 2.00 bits per heavy atom. The van der Waals surface area contributed by atoms with Gasteiger partial charge < -0.3 is 14.4 Å². The van der Waals surface area contributed by atoms with E-state index in [1.54, 1.807) is 19.2 Å². The highest BCUT2D eigenvalue weighted by Crippen LogP contribution is 2.26. The quantitative estimate of drug-likeness (QED) is 0.866. The molecule has 0 aliphatic carbocycles. The zero-order valence-electron chi connectivity index (χ0n) is 13.6. The van der Waals surface area contributed by atoms with Crippen LogP contribution in [0.1, 0.15) is 17.2 Å². The summed E-state index contributed by atoms with van der Waals surface area (Å²) >= 11 is 0. The van der Waals surface area contributed by atoms with Crippen molar-refractivity contribution >= 4 is 5.91 Å². The number of morpholine rings is 1. The number of methoxy groups -OCH3 is 1. The van der Waals surface area contributed by atoms with Crippen LogP contribution in [0.25, 0.3) is 0 Å². The van der Waals surface area contributed by atoms with Crippen LogP contribution in [0.15, 0.2) is 48.5 Å². The molecule has 1 aliphatic heterocycles. The Kier molecular flexibility index (Phi) is 5.11. The number of amides is 1. The number of carbonyl (C=O) groups is 1. The van der Waals surface area contributed by atoms with Gasteiger partial charge in [0, 0.05) is 12.1 Å². The number of hydrogen-bond donors (Lipinski definition) is 0. The maximum atomic E-state index is 13.2. The lowest BCUT2D eigenvalue weighted by atomic mass is 10.0. The van der Waals surface area contributed by atoms with Crippen LogP contribution >= 0.6 is 0 Å². The van der Waals surface area contributed by atoms with Gasteiger partial charge in [0.05, 0.1) is 32.8 Å². The number of halogens is 1. The molecule has 4 nitrogen and oxygen atoms in total. The fraction of sp³-hybridized carbons (Fsp3) is 0.316. The second kappa shape index (κ2) is 7.45. The fourth-order valence-electron chi connectivity index (χ4n) is 2.98. The largest absolute Gasteiger partial charge is 0.496 e. The maximum Gasteiger partial charge on any atom is 0.227 e. The van der Waals surface area contributed by atoms with E-state index in [0.29, 0.717) is 25.5 Å². The molecule has 3 rings (SSSR count). The predicted molar refractivity (Wildman–Crippen MR) is 88.4 cm³/mol. The van der Waals surface area contributed by atoms with Gasteiger partial charge in [-0.3, -0.25) is 4.79 Å². The van der Waals surface area contributed by atoms with E-state index in [2.05, 4.69) is 0 Å². The lowest BCUT2D eigenvalue weighted by Gasteiger charge is -2.36. The van der Waals surface area contributed by atoms with Gasteiger partial charge in [0.15, 0.2) is 0 Å². The molecule has 1 aliphatic rings. The minimum Gasteiger partial charge on any atom is -0.496 e. The first-order valence-corrected chi connectivity index (χ1v) is 7.93. The summed E-state index contributed by atoms with van der Waals surface area (Å²) in [6.07, 6.45) is 0.266. The Hall–Kier alpha value is -2.40. The van der Waals surface area contributed by atoms with E-state index in [1.165, 1.54) is 12.1 Å². The van der Waals surface area contributed by atoms with Crippen molar-refractivity contribution < 1.29 is 18.7 Å². The van der Waals surface area contributed by atoms with Crippen molar-refractivity contribution in [3.63, 3.8) is 0 Å². The summed E-state index contributed by atoms with van der Waals surface area (Å²) in [6.45, 7) is 1.45. The Balaban J connectivity index is 1.79. The third-order valence-electron chi connectivity index (χ3n) is 4.24. The summed E-state index contributed by atoms with van der Waals surface area (Å²) in [4.78, 5) is 14.6. The van der Waals surface area contributed by atoms with Crippen molar-refractivity contribution in [3.8, 4) is 5.75 Å². The van der Waals surface area contributed by atoms with Crippen LogP contribution in [-0.2, 0) is 16.0 Å². The summed E-state index contributed by atoms with van der Waals surface area (Å²) in [7, 11) is 1.60. The van der Waals surface area contributed by atoms with E-state index >= 15 is 0 Å². The molecule has 2 aromatic rings.